The predicted octanol–water partition coefficient (Wildman–Crippen LogP) is 6.32. The zero-order valence-corrected chi connectivity index (χ0v) is 18.3. The van der Waals surface area contributed by atoms with Crippen molar-refractivity contribution in [2.75, 3.05) is 17.7 Å². The Hall–Kier alpha value is -3.89. The maximum Gasteiger partial charge on any atom is 0.416 e. The number of aryl methyl sites for hydroxylation is 2. The number of nitrogens with one attached hydrogen (secondary N) is 2. The monoisotopic (exact) mass is 481 g/mol. The van der Waals surface area contributed by atoms with E-state index in [1.165, 1.54) is 37.4 Å². The van der Waals surface area contributed by atoms with Gasteiger partial charge >= 0.3 is 12.8 Å². The zero-order valence-electron chi connectivity index (χ0n) is 18.3. The molecule has 6 nitrogen and oxygen atoms in total. The number of rotatable bonds is 7. The number of ether oxygens (including phenoxy) is 2. The Bertz CT molecular complexity index is 1200. The standard InChI is InChI=1S/C23H20F5N3O3/c1-12-10-15(34-22(24)25)5-7-17(12)30-19-6-4-14(23(26,27)28)11-16(19)21(32)31-18-8-9-20(33-3)29-13(18)2/h4-11,22,30H,1-3H3,(H,31,32). The molecule has 0 atom stereocenters. The van der Waals surface area contributed by atoms with Gasteiger partial charge < -0.3 is 20.1 Å². The van der Waals surface area contributed by atoms with E-state index in [-0.39, 0.29) is 17.0 Å². The Balaban J connectivity index is 1.96. The molecule has 3 rings (SSSR count). The highest BCUT2D eigenvalue weighted by molar-refractivity contribution is 6.08. The van der Waals surface area contributed by atoms with Crippen molar-refractivity contribution in [3.05, 3.63) is 70.9 Å². The van der Waals surface area contributed by atoms with Crippen molar-refractivity contribution in [3.8, 4) is 11.6 Å². The predicted molar refractivity (Wildman–Crippen MR) is 116 cm³/mol. The summed E-state index contributed by atoms with van der Waals surface area (Å²) in [6, 6.07) is 9.74. The molecule has 1 aromatic heterocycles. The quantitative estimate of drug-likeness (QED) is 0.386. The first-order chi connectivity index (χ1) is 16.0. The molecule has 180 valence electrons. The molecule has 2 aromatic carbocycles. The van der Waals surface area contributed by atoms with Gasteiger partial charge in [0.15, 0.2) is 0 Å². The summed E-state index contributed by atoms with van der Waals surface area (Å²) in [5, 5.41) is 5.45. The van der Waals surface area contributed by atoms with Crippen LogP contribution in [-0.2, 0) is 6.18 Å². The van der Waals surface area contributed by atoms with Crippen molar-refractivity contribution in [3.63, 3.8) is 0 Å². The summed E-state index contributed by atoms with van der Waals surface area (Å²) in [6.07, 6.45) is -4.67. The Morgan fingerprint density at radius 2 is 1.65 bits per heavy atom. The lowest BCUT2D eigenvalue weighted by atomic mass is 10.1. The minimum absolute atomic E-state index is 0.0779. The molecule has 34 heavy (non-hydrogen) atoms. The summed E-state index contributed by atoms with van der Waals surface area (Å²) < 4.78 is 74.2. The number of aromatic nitrogens is 1. The number of anilines is 3. The van der Waals surface area contributed by atoms with E-state index in [9.17, 15) is 26.7 Å². The average molecular weight is 481 g/mol. The third-order valence-electron chi connectivity index (χ3n) is 4.80. The van der Waals surface area contributed by atoms with Crippen LogP contribution in [-0.4, -0.2) is 24.6 Å². The molecule has 0 unspecified atom stereocenters. The SMILES string of the molecule is COc1ccc(NC(=O)c2cc(C(F)(F)F)ccc2Nc2ccc(OC(F)F)cc2C)c(C)n1. The van der Waals surface area contributed by atoms with Gasteiger partial charge in [-0.05, 0) is 61.9 Å². The molecule has 2 N–H and O–H groups in total. The number of carbonyl (C=O) groups is 1. The summed E-state index contributed by atoms with van der Waals surface area (Å²) in [6.45, 7) is 0.200. The van der Waals surface area contributed by atoms with E-state index in [0.717, 1.165) is 18.2 Å². The minimum Gasteiger partial charge on any atom is -0.481 e. The van der Waals surface area contributed by atoms with Gasteiger partial charge in [0, 0.05) is 11.8 Å². The number of amides is 1. The van der Waals surface area contributed by atoms with Crippen LogP contribution < -0.4 is 20.1 Å². The summed E-state index contributed by atoms with van der Waals surface area (Å²) in [4.78, 5) is 17.1. The lowest BCUT2D eigenvalue weighted by Gasteiger charge is -2.17. The van der Waals surface area contributed by atoms with Gasteiger partial charge in [-0.3, -0.25) is 4.79 Å². The van der Waals surface area contributed by atoms with Crippen LogP contribution in [0.1, 0.15) is 27.2 Å². The fraction of sp³-hybridized carbons (Fsp3) is 0.217. The van der Waals surface area contributed by atoms with Gasteiger partial charge in [0.25, 0.3) is 5.91 Å². The number of methoxy groups -OCH3 is 1. The number of alkyl halides is 5. The highest BCUT2D eigenvalue weighted by Gasteiger charge is 2.32. The number of nitrogens with zero attached hydrogens (tertiary/aromatic N) is 1. The van der Waals surface area contributed by atoms with E-state index in [1.807, 2.05) is 0 Å². The van der Waals surface area contributed by atoms with Crippen molar-refractivity contribution < 1.29 is 36.2 Å². The lowest BCUT2D eigenvalue weighted by Crippen LogP contribution is -2.17. The van der Waals surface area contributed by atoms with Crippen molar-refractivity contribution in [1.82, 2.24) is 4.98 Å². The first kappa shape index (κ1) is 24.7. The van der Waals surface area contributed by atoms with E-state index < -0.39 is 24.3 Å². The molecule has 0 aliphatic heterocycles. The van der Waals surface area contributed by atoms with Gasteiger partial charge in [-0.2, -0.15) is 22.0 Å². The molecule has 0 aliphatic rings. The van der Waals surface area contributed by atoms with Crippen LogP contribution in [0.15, 0.2) is 48.5 Å². The summed E-state index contributed by atoms with van der Waals surface area (Å²) in [5.41, 5.74) is 0.341. The van der Waals surface area contributed by atoms with Crippen LogP contribution in [0, 0.1) is 13.8 Å². The summed E-state index contributed by atoms with van der Waals surface area (Å²) in [5.74, 6) is -0.573. The first-order valence-corrected chi connectivity index (χ1v) is 9.84. The number of halogens is 5. The Kier molecular flexibility index (Phi) is 7.23. The number of hydrogen-bond acceptors (Lipinski definition) is 5. The second kappa shape index (κ2) is 9.94. The Morgan fingerprint density at radius 3 is 2.24 bits per heavy atom. The van der Waals surface area contributed by atoms with Crippen molar-refractivity contribution in [2.45, 2.75) is 26.6 Å². The number of benzene rings is 2. The molecule has 0 fully saturated rings. The highest BCUT2D eigenvalue weighted by Crippen LogP contribution is 2.34. The molecule has 0 saturated heterocycles. The zero-order chi connectivity index (χ0) is 25.0. The topological polar surface area (TPSA) is 72.5 Å². The van der Waals surface area contributed by atoms with Gasteiger partial charge in [-0.25, -0.2) is 4.98 Å². The largest absolute Gasteiger partial charge is 0.481 e. The number of hydrogen-bond donors (Lipinski definition) is 2. The first-order valence-electron chi connectivity index (χ1n) is 9.84. The molecular formula is C23H20F5N3O3. The van der Waals surface area contributed by atoms with Crippen LogP contribution in [0.2, 0.25) is 0 Å². The number of carbonyl (C=O) groups excluding carboxylic acids is 1. The van der Waals surface area contributed by atoms with E-state index in [1.54, 1.807) is 13.8 Å². The second-order valence-electron chi connectivity index (χ2n) is 7.18. The van der Waals surface area contributed by atoms with Gasteiger partial charge in [0.2, 0.25) is 5.88 Å². The maximum atomic E-state index is 13.3. The second-order valence-corrected chi connectivity index (χ2v) is 7.18. The maximum absolute atomic E-state index is 13.3. The van der Waals surface area contributed by atoms with Gasteiger partial charge in [-0.1, -0.05) is 0 Å². The molecule has 0 spiro atoms. The van der Waals surface area contributed by atoms with Gasteiger partial charge in [0.05, 0.1) is 35.3 Å². The molecule has 0 radical (unpaired) electrons. The Labute approximate surface area is 191 Å². The van der Waals surface area contributed by atoms with E-state index in [0.29, 0.717) is 28.5 Å². The van der Waals surface area contributed by atoms with Crippen LogP contribution in [0.3, 0.4) is 0 Å². The third-order valence-corrected chi connectivity index (χ3v) is 4.80. The van der Waals surface area contributed by atoms with Crippen molar-refractivity contribution in [1.29, 1.82) is 0 Å². The van der Waals surface area contributed by atoms with Crippen LogP contribution >= 0.6 is 0 Å². The fourth-order valence-electron chi connectivity index (χ4n) is 3.09. The normalized spacial score (nSPS) is 11.3. The van der Waals surface area contributed by atoms with E-state index >= 15 is 0 Å². The van der Waals surface area contributed by atoms with E-state index in [4.69, 9.17) is 4.74 Å². The highest BCUT2D eigenvalue weighted by atomic mass is 19.4. The smallest absolute Gasteiger partial charge is 0.416 e. The minimum atomic E-state index is -4.67. The average Bonchev–Trinajstić information content (AvgIpc) is 2.76. The molecule has 0 aliphatic carbocycles. The van der Waals surface area contributed by atoms with Crippen LogP contribution in [0.5, 0.6) is 11.6 Å². The molecular weight excluding hydrogens is 461 g/mol. The van der Waals surface area contributed by atoms with Gasteiger partial charge in [0.1, 0.15) is 5.75 Å². The van der Waals surface area contributed by atoms with E-state index in [2.05, 4.69) is 20.4 Å². The summed E-state index contributed by atoms with van der Waals surface area (Å²) in [7, 11) is 1.43. The molecule has 0 bridgehead atoms. The summed E-state index contributed by atoms with van der Waals surface area (Å²) >= 11 is 0. The van der Waals surface area contributed by atoms with Crippen LogP contribution in [0.25, 0.3) is 0 Å². The third kappa shape index (κ3) is 5.91. The molecule has 0 saturated carbocycles. The molecule has 1 amide bonds. The van der Waals surface area contributed by atoms with Gasteiger partial charge in [-0.15, -0.1) is 0 Å². The lowest BCUT2D eigenvalue weighted by molar-refractivity contribution is -0.137. The fourth-order valence-corrected chi connectivity index (χ4v) is 3.09. The number of pyridine rings is 1. The van der Waals surface area contributed by atoms with Crippen molar-refractivity contribution >= 4 is 23.0 Å². The molecule has 1 heterocycles. The Morgan fingerprint density at radius 1 is 0.971 bits per heavy atom. The van der Waals surface area contributed by atoms with Crippen molar-refractivity contribution in [2.24, 2.45) is 0 Å². The molecule has 11 heteroatoms. The molecule has 3 aromatic rings. The van der Waals surface area contributed by atoms with Crippen LogP contribution in [0.4, 0.5) is 39.0 Å².